The lowest BCUT2D eigenvalue weighted by atomic mass is 10.1. The van der Waals surface area contributed by atoms with Crippen molar-refractivity contribution < 1.29 is 8.91 Å². The predicted octanol–water partition coefficient (Wildman–Crippen LogP) is 2.95. The smallest absolute Gasteiger partial charge is 0.240 e. The molecule has 102 valence electrons. The molecular weight excluding hydrogens is 269 g/mol. The Morgan fingerprint density at radius 3 is 3.00 bits per heavy atom. The highest BCUT2D eigenvalue weighted by atomic mass is 35.5. The fraction of sp³-hybridized carbons (Fsp3) is 0.385. The fourth-order valence-electron chi connectivity index (χ4n) is 1.67. The zero-order chi connectivity index (χ0) is 13.7. The van der Waals surface area contributed by atoms with Crippen LogP contribution >= 0.6 is 11.6 Å². The van der Waals surface area contributed by atoms with E-state index in [9.17, 15) is 4.39 Å². The van der Waals surface area contributed by atoms with Gasteiger partial charge in [0.05, 0.1) is 6.54 Å². The molecule has 1 aromatic heterocycles. The SMILES string of the molecule is CCCNCc1nc(Cc2c(F)cccc2Cl)no1. The molecule has 4 nitrogen and oxygen atoms in total. The Hall–Kier alpha value is -1.46. The van der Waals surface area contributed by atoms with Crippen molar-refractivity contribution in [2.75, 3.05) is 6.54 Å². The Morgan fingerprint density at radius 2 is 2.26 bits per heavy atom. The molecule has 0 aliphatic heterocycles. The number of hydrogen-bond acceptors (Lipinski definition) is 4. The third-order valence-corrected chi connectivity index (χ3v) is 2.96. The van der Waals surface area contributed by atoms with Crippen molar-refractivity contribution >= 4 is 11.6 Å². The van der Waals surface area contributed by atoms with Gasteiger partial charge in [-0.1, -0.05) is 29.7 Å². The largest absolute Gasteiger partial charge is 0.338 e. The first-order chi connectivity index (χ1) is 9.20. The van der Waals surface area contributed by atoms with Gasteiger partial charge in [-0.2, -0.15) is 4.98 Å². The van der Waals surface area contributed by atoms with Crippen molar-refractivity contribution in [1.29, 1.82) is 0 Å². The zero-order valence-corrected chi connectivity index (χ0v) is 11.4. The van der Waals surface area contributed by atoms with E-state index in [2.05, 4.69) is 22.4 Å². The maximum atomic E-state index is 13.6. The highest BCUT2D eigenvalue weighted by Crippen LogP contribution is 2.21. The van der Waals surface area contributed by atoms with Crippen LogP contribution in [0.5, 0.6) is 0 Å². The van der Waals surface area contributed by atoms with Gasteiger partial charge in [0.2, 0.25) is 5.89 Å². The van der Waals surface area contributed by atoms with Crippen LogP contribution in [0.1, 0.15) is 30.6 Å². The minimum atomic E-state index is -0.358. The third kappa shape index (κ3) is 3.75. The van der Waals surface area contributed by atoms with Crippen LogP contribution in [0.2, 0.25) is 5.02 Å². The predicted molar refractivity (Wildman–Crippen MR) is 70.5 cm³/mol. The molecule has 1 N–H and O–H groups in total. The average Bonchev–Trinajstić information content (AvgIpc) is 2.82. The first-order valence-corrected chi connectivity index (χ1v) is 6.53. The van der Waals surface area contributed by atoms with E-state index >= 15 is 0 Å². The van der Waals surface area contributed by atoms with Gasteiger partial charge in [-0.05, 0) is 25.1 Å². The zero-order valence-electron chi connectivity index (χ0n) is 10.6. The molecule has 1 heterocycles. The summed E-state index contributed by atoms with van der Waals surface area (Å²) in [7, 11) is 0. The van der Waals surface area contributed by atoms with Crippen molar-refractivity contribution in [3.05, 3.63) is 46.3 Å². The van der Waals surface area contributed by atoms with Crippen LogP contribution in [0.15, 0.2) is 22.7 Å². The second-order valence-corrected chi connectivity index (χ2v) is 4.57. The Balaban J connectivity index is 2.03. The highest BCUT2D eigenvalue weighted by molar-refractivity contribution is 6.31. The van der Waals surface area contributed by atoms with E-state index in [1.54, 1.807) is 12.1 Å². The number of benzene rings is 1. The van der Waals surface area contributed by atoms with Crippen LogP contribution in [0.4, 0.5) is 4.39 Å². The standard InChI is InChI=1S/C13H15ClFN3O/c1-2-6-16-8-13-17-12(18-19-13)7-9-10(14)4-3-5-11(9)15/h3-5,16H,2,6-8H2,1H3. The molecule has 0 atom stereocenters. The summed E-state index contributed by atoms with van der Waals surface area (Å²) < 4.78 is 18.7. The van der Waals surface area contributed by atoms with Crippen molar-refractivity contribution in [1.82, 2.24) is 15.5 Å². The molecule has 0 saturated carbocycles. The van der Waals surface area contributed by atoms with E-state index in [4.69, 9.17) is 16.1 Å². The molecule has 0 radical (unpaired) electrons. The molecule has 0 spiro atoms. The summed E-state index contributed by atoms with van der Waals surface area (Å²) in [4.78, 5) is 4.19. The second kappa shape index (κ2) is 6.63. The molecule has 0 unspecified atom stereocenters. The molecule has 0 fully saturated rings. The van der Waals surface area contributed by atoms with Gasteiger partial charge in [0.15, 0.2) is 5.82 Å². The summed E-state index contributed by atoms with van der Waals surface area (Å²) in [6, 6.07) is 4.58. The third-order valence-electron chi connectivity index (χ3n) is 2.61. The first-order valence-electron chi connectivity index (χ1n) is 6.15. The maximum absolute atomic E-state index is 13.6. The lowest BCUT2D eigenvalue weighted by Gasteiger charge is -2.01. The van der Waals surface area contributed by atoms with E-state index in [-0.39, 0.29) is 12.2 Å². The normalized spacial score (nSPS) is 10.9. The summed E-state index contributed by atoms with van der Waals surface area (Å²) in [6.45, 7) is 3.48. The molecule has 19 heavy (non-hydrogen) atoms. The molecule has 0 aliphatic rings. The van der Waals surface area contributed by atoms with Gasteiger partial charge < -0.3 is 9.84 Å². The Labute approximate surface area is 116 Å². The number of halogens is 2. The van der Waals surface area contributed by atoms with Crippen LogP contribution < -0.4 is 5.32 Å². The molecular formula is C13H15ClFN3O. The average molecular weight is 284 g/mol. The molecule has 6 heteroatoms. The number of nitrogens with one attached hydrogen (secondary N) is 1. The van der Waals surface area contributed by atoms with E-state index in [0.29, 0.717) is 28.8 Å². The van der Waals surface area contributed by atoms with Gasteiger partial charge in [-0.3, -0.25) is 0 Å². The lowest BCUT2D eigenvalue weighted by Crippen LogP contribution is -2.13. The monoisotopic (exact) mass is 283 g/mol. The van der Waals surface area contributed by atoms with Gasteiger partial charge in [0.1, 0.15) is 5.82 Å². The van der Waals surface area contributed by atoms with Crippen LogP contribution in [0, 0.1) is 5.82 Å². The molecule has 0 aliphatic carbocycles. The summed E-state index contributed by atoms with van der Waals surface area (Å²) in [5.41, 5.74) is 0.387. The quantitative estimate of drug-likeness (QED) is 0.828. The van der Waals surface area contributed by atoms with Crippen LogP contribution in [0.25, 0.3) is 0 Å². The van der Waals surface area contributed by atoms with E-state index in [1.165, 1.54) is 6.07 Å². The summed E-state index contributed by atoms with van der Waals surface area (Å²) >= 11 is 5.95. The molecule has 2 rings (SSSR count). The second-order valence-electron chi connectivity index (χ2n) is 4.16. The van der Waals surface area contributed by atoms with Gasteiger partial charge in [-0.15, -0.1) is 0 Å². The maximum Gasteiger partial charge on any atom is 0.240 e. The Bertz CT molecular complexity index is 524. The molecule has 0 amide bonds. The Kier molecular flexibility index (Phi) is 4.87. The van der Waals surface area contributed by atoms with Crippen molar-refractivity contribution in [2.45, 2.75) is 26.3 Å². The van der Waals surface area contributed by atoms with E-state index in [1.807, 2.05) is 0 Å². The number of rotatable bonds is 6. The van der Waals surface area contributed by atoms with Crippen LogP contribution in [0.3, 0.4) is 0 Å². The highest BCUT2D eigenvalue weighted by Gasteiger charge is 2.12. The number of hydrogen-bond donors (Lipinski definition) is 1. The molecule has 1 aromatic carbocycles. The van der Waals surface area contributed by atoms with Crippen LogP contribution in [-0.2, 0) is 13.0 Å². The van der Waals surface area contributed by atoms with Crippen molar-refractivity contribution in [2.24, 2.45) is 0 Å². The number of nitrogens with zero attached hydrogens (tertiary/aromatic N) is 2. The van der Waals surface area contributed by atoms with Gasteiger partial charge >= 0.3 is 0 Å². The Morgan fingerprint density at radius 1 is 1.42 bits per heavy atom. The molecule has 0 saturated heterocycles. The minimum absolute atomic E-state index is 0.225. The van der Waals surface area contributed by atoms with Gasteiger partial charge in [0.25, 0.3) is 0 Å². The summed E-state index contributed by atoms with van der Waals surface area (Å²) in [6.07, 6.45) is 1.26. The lowest BCUT2D eigenvalue weighted by molar-refractivity contribution is 0.363. The van der Waals surface area contributed by atoms with Crippen molar-refractivity contribution in [3.8, 4) is 0 Å². The van der Waals surface area contributed by atoms with E-state index < -0.39 is 0 Å². The van der Waals surface area contributed by atoms with E-state index in [0.717, 1.165) is 13.0 Å². The minimum Gasteiger partial charge on any atom is -0.338 e. The fourth-order valence-corrected chi connectivity index (χ4v) is 1.90. The summed E-state index contributed by atoms with van der Waals surface area (Å²) in [5, 5.41) is 7.35. The van der Waals surface area contributed by atoms with Gasteiger partial charge in [0, 0.05) is 17.0 Å². The summed E-state index contributed by atoms with van der Waals surface area (Å²) in [5.74, 6) is 0.569. The molecule has 2 aromatic rings. The van der Waals surface area contributed by atoms with Crippen molar-refractivity contribution in [3.63, 3.8) is 0 Å². The van der Waals surface area contributed by atoms with Crippen LogP contribution in [-0.4, -0.2) is 16.7 Å². The number of aromatic nitrogens is 2. The van der Waals surface area contributed by atoms with Gasteiger partial charge in [-0.25, -0.2) is 4.39 Å². The first kappa shape index (κ1) is 14.0. The molecule has 0 bridgehead atoms. The topological polar surface area (TPSA) is 51.0 Å².